The molecule has 0 bridgehead atoms. The first-order valence-electron chi connectivity index (χ1n) is 5.54. The van der Waals surface area contributed by atoms with E-state index >= 15 is 0 Å². The molecule has 16 heavy (non-hydrogen) atoms. The molecule has 0 N–H and O–H groups in total. The van der Waals surface area contributed by atoms with Crippen LogP contribution in [0.3, 0.4) is 0 Å². The molecule has 86 valence electrons. The standard InChI is InChI=1S/C13H16O2S/c1-3-16-11-6-4-10(5-7-11)13(8-9-13)12(14)15-2/h4-7H,3,8-9H2,1-2H3. The molecule has 1 aliphatic rings. The van der Waals surface area contributed by atoms with E-state index in [4.69, 9.17) is 4.74 Å². The Hall–Kier alpha value is -0.960. The van der Waals surface area contributed by atoms with E-state index in [1.807, 2.05) is 11.8 Å². The van der Waals surface area contributed by atoms with Gasteiger partial charge in [0.1, 0.15) is 0 Å². The van der Waals surface area contributed by atoms with Gasteiger partial charge >= 0.3 is 5.97 Å². The molecular weight excluding hydrogens is 220 g/mol. The molecule has 1 aromatic rings. The Bertz CT molecular complexity index is 379. The molecule has 0 atom stereocenters. The van der Waals surface area contributed by atoms with Crippen molar-refractivity contribution < 1.29 is 9.53 Å². The summed E-state index contributed by atoms with van der Waals surface area (Å²) in [5.41, 5.74) is 0.768. The molecule has 1 aliphatic carbocycles. The average molecular weight is 236 g/mol. The Morgan fingerprint density at radius 3 is 2.44 bits per heavy atom. The zero-order valence-electron chi connectivity index (χ0n) is 9.66. The summed E-state index contributed by atoms with van der Waals surface area (Å²) in [6.07, 6.45) is 1.83. The van der Waals surface area contributed by atoms with Gasteiger partial charge < -0.3 is 4.74 Å². The number of hydrogen-bond donors (Lipinski definition) is 0. The van der Waals surface area contributed by atoms with E-state index in [0.717, 1.165) is 24.2 Å². The second-order valence-electron chi connectivity index (χ2n) is 4.03. The third kappa shape index (κ3) is 1.96. The van der Waals surface area contributed by atoms with Crippen LogP contribution >= 0.6 is 11.8 Å². The van der Waals surface area contributed by atoms with Crippen LogP contribution in [0.5, 0.6) is 0 Å². The summed E-state index contributed by atoms with van der Waals surface area (Å²) in [7, 11) is 1.46. The molecule has 0 unspecified atom stereocenters. The fourth-order valence-corrected chi connectivity index (χ4v) is 2.63. The Kier molecular flexibility index (Phi) is 3.24. The molecule has 0 saturated heterocycles. The third-order valence-corrected chi connectivity index (χ3v) is 3.94. The number of hydrogen-bond acceptors (Lipinski definition) is 3. The average Bonchev–Trinajstić information content (AvgIpc) is 3.11. The van der Waals surface area contributed by atoms with Crippen molar-refractivity contribution in [2.24, 2.45) is 0 Å². The topological polar surface area (TPSA) is 26.3 Å². The molecule has 0 spiro atoms. The Balaban J connectivity index is 2.19. The highest BCUT2D eigenvalue weighted by Crippen LogP contribution is 2.49. The lowest BCUT2D eigenvalue weighted by atomic mass is 9.96. The predicted molar refractivity (Wildman–Crippen MR) is 65.8 cm³/mol. The van der Waals surface area contributed by atoms with E-state index in [-0.39, 0.29) is 11.4 Å². The molecule has 1 aromatic carbocycles. The zero-order chi connectivity index (χ0) is 11.6. The van der Waals surface area contributed by atoms with E-state index in [1.54, 1.807) is 0 Å². The molecule has 3 heteroatoms. The molecule has 0 heterocycles. The number of ether oxygens (including phenoxy) is 1. The minimum Gasteiger partial charge on any atom is -0.468 e. The summed E-state index contributed by atoms with van der Waals surface area (Å²) in [4.78, 5) is 12.9. The number of benzene rings is 1. The maximum Gasteiger partial charge on any atom is 0.316 e. The Morgan fingerprint density at radius 1 is 1.38 bits per heavy atom. The molecule has 1 fully saturated rings. The van der Waals surface area contributed by atoms with E-state index in [0.29, 0.717) is 0 Å². The van der Waals surface area contributed by atoms with Crippen molar-refractivity contribution in [1.29, 1.82) is 0 Å². The van der Waals surface area contributed by atoms with Gasteiger partial charge in [0.05, 0.1) is 12.5 Å². The van der Waals surface area contributed by atoms with Crippen LogP contribution in [-0.4, -0.2) is 18.8 Å². The van der Waals surface area contributed by atoms with Gasteiger partial charge in [0.2, 0.25) is 0 Å². The lowest BCUT2D eigenvalue weighted by Crippen LogP contribution is -2.21. The first-order chi connectivity index (χ1) is 7.73. The highest BCUT2D eigenvalue weighted by Gasteiger charge is 2.52. The maximum absolute atomic E-state index is 11.7. The monoisotopic (exact) mass is 236 g/mol. The van der Waals surface area contributed by atoms with Crippen molar-refractivity contribution in [2.75, 3.05) is 12.9 Å². The van der Waals surface area contributed by atoms with Crippen molar-refractivity contribution in [3.63, 3.8) is 0 Å². The third-order valence-electron chi connectivity index (χ3n) is 3.04. The normalized spacial score (nSPS) is 16.9. The summed E-state index contributed by atoms with van der Waals surface area (Å²) in [5.74, 6) is 0.977. The van der Waals surface area contributed by atoms with Gasteiger partial charge in [-0.15, -0.1) is 11.8 Å². The minimum atomic E-state index is -0.329. The van der Waals surface area contributed by atoms with Gasteiger partial charge in [0, 0.05) is 4.90 Å². The second-order valence-corrected chi connectivity index (χ2v) is 5.37. The molecule has 0 aromatic heterocycles. The van der Waals surface area contributed by atoms with Crippen LogP contribution in [0.1, 0.15) is 25.3 Å². The highest BCUT2D eigenvalue weighted by atomic mass is 32.2. The summed E-state index contributed by atoms with van der Waals surface area (Å²) >= 11 is 1.81. The Morgan fingerprint density at radius 2 is 2.00 bits per heavy atom. The van der Waals surface area contributed by atoms with E-state index in [2.05, 4.69) is 31.2 Å². The molecule has 1 saturated carbocycles. The van der Waals surface area contributed by atoms with Crippen LogP contribution in [0.25, 0.3) is 0 Å². The number of thioether (sulfide) groups is 1. The van der Waals surface area contributed by atoms with Crippen molar-refractivity contribution >= 4 is 17.7 Å². The largest absolute Gasteiger partial charge is 0.468 e. The van der Waals surface area contributed by atoms with Gasteiger partial charge in [-0.3, -0.25) is 4.79 Å². The van der Waals surface area contributed by atoms with Gasteiger partial charge in [-0.25, -0.2) is 0 Å². The number of esters is 1. The first kappa shape index (κ1) is 11.5. The predicted octanol–water partition coefficient (Wildman–Crippen LogP) is 3.00. The summed E-state index contributed by atoms with van der Waals surface area (Å²) < 4.78 is 4.87. The van der Waals surface area contributed by atoms with Crippen molar-refractivity contribution in [1.82, 2.24) is 0 Å². The molecule has 0 aliphatic heterocycles. The van der Waals surface area contributed by atoms with Crippen LogP contribution in [0, 0.1) is 0 Å². The summed E-state index contributed by atoms with van der Waals surface area (Å²) in [5, 5.41) is 0. The van der Waals surface area contributed by atoms with E-state index in [9.17, 15) is 4.79 Å². The quantitative estimate of drug-likeness (QED) is 0.594. The van der Waals surface area contributed by atoms with E-state index < -0.39 is 0 Å². The lowest BCUT2D eigenvalue weighted by molar-refractivity contribution is -0.143. The van der Waals surface area contributed by atoms with Crippen LogP contribution in [0.4, 0.5) is 0 Å². The van der Waals surface area contributed by atoms with Gasteiger partial charge in [-0.1, -0.05) is 19.1 Å². The number of carbonyl (C=O) groups is 1. The van der Waals surface area contributed by atoms with Crippen molar-refractivity contribution in [3.8, 4) is 0 Å². The SMILES string of the molecule is CCSc1ccc(C2(C(=O)OC)CC2)cc1. The van der Waals surface area contributed by atoms with E-state index in [1.165, 1.54) is 12.0 Å². The number of carbonyl (C=O) groups excluding carboxylic acids is 1. The molecular formula is C13H16O2S. The van der Waals surface area contributed by atoms with Crippen LogP contribution < -0.4 is 0 Å². The number of rotatable bonds is 4. The van der Waals surface area contributed by atoms with Gasteiger partial charge in [0.15, 0.2) is 0 Å². The Labute approximate surface area is 100 Å². The van der Waals surface area contributed by atoms with Gasteiger partial charge in [-0.05, 0) is 36.3 Å². The summed E-state index contributed by atoms with van der Waals surface area (Å²) in [6.45, 7) is 2.13. The van der Waals surface area contributed by atoms with Gasteiger partial charge in [0.25, 0.3) is 0 Å². The second kappa shape index (κ2) is 4.50. The minimum absolute atomic E-state index is 0.0941. The fourth-order valence-electron chi connectivity index (χ4n) is 1.97. The highest BCUT2D eigenvalue weighted by molar-refractivity contribution is 7.99. The van der Waals surface area contributed by atoms with Crippen LogP contribution in [0.2, 0.25) is 0 Å². The molecule has 0 radical (unpaired) electrons. The first-order valence-corrected chi connectivity index (χ1v) is 6.53. The molecule has 0 amide bonds. The van der Waals surface area contributed by atoms with Crippen molar-refractivity contribution in [2.45, 2.75) is 30.1 Å². The van der Waals surface area contributed by atoms with Crippen LogP contribution in [0.15, 0.2) is 29.2 Å². The zero-order valence-corrected chi connectivity index (χ0v) is 10.5. The maximum atomic E-state index is 11.7. The number of methoxy groups -OCH3 is 1. The smallest absolute Gasteiger partial charge is 0.316 e. The van der Waals surface area contributed by atoms with Crippen molar-refractivity contribution in [3.05, 3.63) is 29.8 Å². The lowest BCUT2D eigenvalue weighted by Gasteiger charge is -2.13. The van der Waals surface area contributed by atoms with Gasteiger partial charge in [-0.2, -0.15) is 0 Å². The van der Waals surface area contributed by atoms with Crippen LogP contribution in [-0.2, 0) is 14.9 Å². The summed E-state index contributed by atoms with van der Waals surface area (Å²) in [6, 6.07) is 8.29. The molecule has 2 nitrogen and oxygen atoms in total. The fraction of sp³-hybridized carbons (Fsp3) is 0.462. The molecule has 2 rings (SSSR count).